The first kappa shape index (κ1) is 15.3. The second-order valence-electron chi connectivity index (χ2n) is 6.28. The molecule has 5 heteroatoms. The van der Waals surface area contributed by atoms with E-state index >= 15 is 0 Å². The Labute approximate surface area is 140 Å². The summed E-state index contributed by atoms with van der Waals surface area (Å²) in [6, 6.07) is 11.4. The predicted octanol–water partition coefficient (Wildman–Crippen LogP) is 3.33. The first-order valence-corrected chi connectivity index (χ1v) is 9.35. The molecule has 1 aliphatic heterocycles. The number of allylic oxidation sites excluding steroid dienone is 2. The Bertz CT molecular complexity index is 931. The number of benzene rings is 2. The molecule has 1 aliphatic carbocycles. The van der Waals surface area contributed by atoms with Crippen LogP contribution in [-0.4, -0.2) is 15.8 Å². The molecule has 3 atom stereocenters. The second-order valence-corrected chi connectivity index (χ2v) is 8.53. The molecule has 3 unspecified atom stereocenters. The highest BCUT2D eigenvalue weighted by molar-refractivity contribution is 7.74. The summed E-state index contributed by atoms with van der Waals surface area (Å²) >= 11 is 0. The molecule has 4 nitrogen and oxygen atoms in total. The van der Waals surface area contributed by atoms with Crippen LogP contribution in [0.1, 0.15) is 18.4 Å². The lowest BCUT2D eigenvalue weighted by molar-refractivity contribution is 0.127. The second kappa shape index (κ2) is 5.10. The van der Waals surface area contributed by atoms with Gasteiger partial charge in [-0.15, -0.1) is 0 Å². The van der Waals surface area contributed by atoms with Crippen molar-refractivity contribution in [1.82, 2.24) is 0 Å². The van der Waals surface area contributed by atoms with Crippen molar-refractivity contribution in [1.29, 1.82) is 0 Å². The summed E-state index contributed by atoms with van der Waals surface area (Å²) < 4.78 is 20.1. The van der Waals surface area contributed by atoms with Crippen LogP contribution >= 0.6 is 7.37 Å². The van der Waals surface area contributed by atoms with Crippen LogP contribution in [0.25, 0.3) is 0 Å². The third-order valence-corrected chi connectivity index (χ3v) is 7.33. The van der Waals surface area contributed by atoms with Gasteiger partial charge < -0.3 is 14.7 Å². The maximum Gasteiger partial charge on any atom is 0.266 e. The lowest BCUT2D eigenvalue weighted by Gasteiger charge is -2.44. The standard InChI is InChI=1S/C19H17O4P/c1-19-11-5-4-7-15(19)14-6-2-3-8-17(14)24(22,23-19)18-12-13(20)9-10-16(18)21/h2-12,15,20-21H,1H3. The Balaban J connectivity index is 2.02. The van der Waals surface area contributed by atoms with Gasteiger partial charge in [-0.05, 0) is 36.8 Å². The van der Waals surface area contributed by atoms with Gasteiger partial charge in [0.05, 0.1) is 5.30 Å². The van der Waals surface area contributed by atoms with Crippen LogP contribution in [-0.2, 0) is 9.09 Å². The fraction of sp³-hybridized carbons (Fsp3) is 0.158. The zero-order valence-corrected chi connectivity index (χ0v) is 14.0. The molecule has 0 fully saturated rings. The Morgan fingerprint density at radius 2 is 1.88 bits per heavy atom. The van der Waals surface area contributed by atoms with Gasteiger partial charge in [-0.25, -0.2) is 0 Å². The maximum atomic E-state index is 13.9. The van der Waals surface area contributed by atoms with E-state index in [1.165, 1.54) is 18.2 Å². The van der Waals surface area contributed by atoms with Gasteiger partial charge in [0.1, 0.15) is 17.1 Å². The van der Waals surface area contributed by atoms with Gasteiger partial charge >= 0.3 is 0 Å². The number of aromatic hydroxyl groups is 2. The monoisotopic (exact) mass is 340 g/mol. The van der Waals surface area contributed by atoms with E-state index in [-0.39, 0.29) is 22.7 Å². The van der Waals surface area contributed by atoms with E-state index in [0.717, 1.165) is 5.56 Å². The molecule has 0 bridgehead atoms. The largest absolute Gasteiger partial charge is 0.508 e. The lowest BCUT2D eigenvalue weighted by atomic mass is 9.80. The normalized spacial score (nSPS) is 30.6. The molecule has 0 radical (unpaired) electrons. The average Bonchev–Trinajstić information content (AvgIpc) is 2.56. The van der Waals surface area contributed by atoms with Crippen molar-refractivity contribution in [2.45, 2.75) is 18.4 Å². The molecule has 0 amide bonds. The minimum absolute atomic E-state index is 0.0553. The number of hydrogen-bond donors (Lipinski definition) is 2. The lowest BCUT2D eigenvalue weighted by Crippen LogP contribution is -2.43. The molecule has 0 saturated carbocycles. The SMILES string of the molecule is CC12C=CC=CC1c1ccccc1P(=O)(c1cc(O)ccc1O)O2. The van der Waals surface area contributed by atoms with E-state index in [0.29, 0.717) is 5.30 Å². The molecule has 24 heavy (non-hydrogen) atoms. The van der Waals surface area contributed by atoms with Crippen LogP contribution in [0.5, 0.6) is 11.5 Å². The number of rotatable bonds is 1. The molecule has 2 aromatic carbocycles. The molecule has 2 aliphatic rings. The van der Waals surface area contributed by atoms with Crippen molar-refractivity contribution < 1.29 is 19.3 Å². The highest BCUT2D eigenvalue weighted by Crippen LogP contribution is 2.59. The van der Waals surface area contributed by atoms with Crippen molar-refractivity contribution in [2.75, 3.05) is 0 Å². The van der Waals surface area contributed by atoms with Gasteiger partial charge in [-0.3, -0.25) is 4.57 Å². The third kappa shape index (κ3) is 2.07. The molecule has 2 N–H and O–H groups in total. The molecule has 0 saturated heterocycles. The van der Waals surface area contributed by atoms with E-state index in [1.54, 1.807) is 12.1 Å². The van der Waals surface area contributed by atoms with Crippen molar-refractivity contribution >= 4 is 18.0 Å². The van der Waals surface area contributed by atoms with Crippen molar-refractivity contribution in [3.8, 4) is 11.5 Å². The number of phenols is 2. The smallest absolute Gasteiger partial charge is 0.266 e. The fourth-order valence-electron chi connectivity index (χ4n) is 3.49. The van der Waals surface area contributed by atoms with Gasteiger partial charge in [0.2, 0.25) is 0 Å². The van der Waals surface area contributed by atoms with Crippen molar-refractivity contribution in [3.05, 3.63) is 72.3 Å². The van der Waals surface area contributed by atoms with Crippen molar-refractivity contribution in [2.24, 2.45) is 0 Å². The first-order valence-electron chi connectivity index (χ1n) is 7.73. The van der Waals surface area contributed by atoms with Crippen LogP contribution < -0.4 is 10.6 Å². The number of fused-ring (bicyclic) bond motifs is 3. The van der Waals surface area contributed by atoms with Crippen LogP contribution in [0.3, 0.4) is 0 Å². The summed E-state index contributed by atoms with van der Waals surface area (Å²) in [5.41, 5.74) is 0.134. The molecular weight excluding hydrogens is 323 g/mol. The van der Waals surface area contributed by atoms with Crippen LogP contribution in [0.2, 0.25) is 0 Å². The molecule has 1 heterocycles. The highest BCUT2D eigenvalue weighted by Gasteiger charge is 2.49. The average molecular weight is 340 g/mol. The quantitative estimate of drug-likeness (QED) is 0.617. The minimum atomic E-state index is -3.57. The summed E-state index contributed by atoms with van der Waals surface area (Å²) in [6.45, 7) is 1.89. The van der Waals surface area contributed by atoms with Gasteiger partial charge in [-0.1, -0.05) is 42.5 Å². The number of phenolic OH excluding ortho intramolecular Hbond substituents is 2. The molecular formula is C19H17O4P. The van der Waals surface area contributed by atoms with Gasteiger partial charge in [-0.2, -0.15) is 0 Å². The molecule has 122 valence electrons. The van der Waals surface area contributed by atoms with Gasteiger partial charge in [0, 0.05) is 11.2 Å². The van der Waals surface area contributed by atoms with E-state index in [2.05, 4.69) is 0 Å². The fourth-order valence-corrected chi connectivity index (χ4v) is 6.19. The Kier molecular flexibility index (Phi) is 3.24. The minimum Gasteiger partial charge on any atom is -0.508 e. The van der Waals surface area contributed by atoms with E-state index < -0.39 is 13.0 Å². The zero-order valence-electron chi connectivity index (χ0n) is 13.1. The van der Waals surface area contributed by atoms with Crippen LogP contribution in [0, 0.1) is 0 Å². The predicted molar refractivity (Wildman–Crippen MR) is 93.6 cm³/mol. The van der Waals surface area contributed by atoms with Crippen LogP contribution in [0.15, 0.2) is 66.8 Å². The third-order valence-electron chi connectivity index (χ3n) is 4.65. The van der Waals surface area contributed by atoms with E-state index in [1.807, 2.05) is 43.4 Å². The summed E-state index contributed by atoms with van der Waals surface area (Å²) in [5, 5.41) is 20.8. The molecule has 0 spiro atoms. The van der Waals surface area contributed by atoms with Gasteiger partial charge in [0.25, 0.3) is 7.37 Å². The molecule has 0 aromatic heterocycles. The first-order chi connectivity index (χ1) is 11.4. The highest BCUT2D eigenvalue weighted by atomic mass is 31.2. The summed E-state index contributed by atoms with van der Waals surface area (Å²) in [4.78, 5) is 0. The van der Waals surface area contributed by atoms with Crippen molar-refractivity contribution in [3.63, 3.8) is 0 Å². The van der Waals surface area contributed by atoms with E-state index in [9.17, 15) is 14.8 Å². The summed E-state index contributed by atoms with van der Waals surface area (Å²) in [6.07, 6.45) is 7.75. The topological polar surface area (TPSA) is 66.8 Å². The molecule has 2 aromatic rings. The zero-order chi connectivity index (χ0) is 16.9. The molecule has 4 rings (SSSR count). The van der Waals surface area contributed by atoms with E-state index in [4.69, 9.17) is 4.52 Å². The summed E-state index contributed by atoms with van der Waals surface area (Å²) in [5.74, 6) is -0.269. The number of hydrogen-bond acceptors (Lipinski definition) is 4. The Morgan fingerprint density at radius 1 is 1.08 bits per heavy atom. The van der Waals surface area contributed by atoms with Crippen LogP contribution in [0.4, 0.5) is 0 Å². The Morgan fingerprint density at radius 3 is 2.71 bits per heavy atom. The Hall–Kier alpha value is -2.29. The van der Waals surface area contributed by atoms with Gasteiger partial charge in [0.15, 0.2) is 0 Å². The maximum absolute atomic E-state index is 13.9. The summed E-state index contributed by atoms with van der Waals surface area (Å²) in [7, 11) is -3.57.